The second-order valence-electron chi connectivity index (χ2n) is 2.57. The summed E-state index contributed by atoms with van der Waals surface area (Å²) in [7, 11) is 0.410. The van der Waals surface area contributed by atoms with Crippen molar-refractivity contribution in [2.45, 2.75) is 25.9 Å². The molecule has 0 fully saturated rings. The summed E-state index contributed by atoms with van der Waals surface area (Å²) in [5.41, 5.74) is 0. The van der Waals surface area contributed by atoms with Crippen LogP contribution in [-0.2, 0) is 0 Å². The van der Waals surface area contributed by atoms with Crippen molar-refractivity contribution in [1.82, 2.24) is 0 Å². The molecular weight excluding hydrogens is 98.0 g/mol. The summed E-state index contributed by atoms with van der Waals surface area (Å²) in [6, 6.07) is 0. The Labute approximate surface area is 60.4 Å². The second-order valence-corrected chi connectivity index (χ2v) is 4.71. The van der Waals surface area contributed by atoms with E-state index in [1.54, 1.807) is 0 Å². The third-order valence-corrected chi connectivity index (χ3v) is 1.84. The quantitative estimate of drug-likeness (QED) is 0.213. The van der Waals surface area contributed by atoms with Crippen LogP contribution >= 0.6 is 8.58 Å². The fraction of sp³-hybridized carbons (Fsp3) is 0.800. The van der Waals surface area contributed by atoms with Crippen LogP contribution in [0, 0.1) is 6.66 Å². The third-order valence-electron chi connectivity index (χ3n) is 0.612. The van der Waals surface area contributed by atoms with Gasteiger partial charge in [-0.15, -0.1) is 8.58 Å². The molecule has 0 saturated carbocycles. The van der Waals surface area contributed by atoms with Crippen LogP contribution in [0.1, 0.15) is 20.8 Å². The minimum atomic E-state index is 0. The summed E-state index contributed by atoms with van der Waals surface area (Å²) >= 11 is 0. The van der Waals surface area contributed by atoms with Crippen molar-refractivity contribution in [3.63, 3.8) is 0 Å². The van der Waals surface area contributed by atoms with Gasteiger partial charge in [0.2, 0.25) is 0 Å². The zero-order valence-corrected chi connectivity index (χ0v) is 6.94. The Morgan fingerprint density at radius 3 is 1.43 bits per heavy atom. The van der Waals surface area contributed by atoms with Gasteiger partial charge in [0.05, 0.1) is 0 Å². The maximum atomic E-state index is 3.84. The van der Waals surface area contributed by atoms with Gasteiger partial charge in [0, 0.05) is 5.16 Å². The van der Waals surface area contributed by atoms with E-state index >= 15 is 0 Å². The van der Waals surface area contributed by atoms with Crippen LogP contribution in [0.15, 0.2) is 0 Å². The van der Waals surface area contributed by atoms with E-state index in [1.165, 1.54) is 0 Å². The Morgan fingerprint density at radius 1 is 1.29 bits per heavy atom. The Hall–Kier alpha value is 1.03. The molecule has 0 saturated heterocycles. The SMILES string of the molecule is [CH2-][PH2+]C(C)(C)C.[Li+]. The summed E-state index contributed by atoms with van der Waals surface area (Å²) in [6.45, 7) is 10.5. The summed E-state index contributed by atoms with van der Waals surface area (Å²) in [6.07, 6.45) is 0. The molecule has 0 aliphatic rings. The smallest absolute Gasteiger partial charge is 0.184 e. The molecule has 0 aromatic carbocycles. The first-order valence-corrected chi connectivity index (χ1v) is 3.59. The molecule has 38 valence electrons. The summed E-state index contributed by atoms with van der Waals surface area (Å²) < 4.78 is 0. The molecule has 0 aromatic heterocycles. The Bertz CT molecular complexity index is 37.8. The van der Waals surface area contributed by atoms with Gasteiger partial charge in [-0.2, -0.15) is 6.66 Å². The largest absolute Gasteiger partial charge is 1.00 e. The van der Waals surface area contributed by atoms with E-state index in [4.69, 9.17) is 0 Å². The Kier molecular flexibility index (Phi) is 6.18. The van der Waals surface area contributed by atoms with E-state index in [1.807, 2.05) is 0 Å². The molecule has 0 N–H and O–H groups in total. The normalized spacial score (nSPS) is 12.0. The van der Waals surface area contributed by atoms with Crippen LogP contribution in [0.25, 0.3) is 0 Å². The zero-order chi connectivity index (χ0) is 5.21. The van der Waals surface area contributed by atoms with Crippen molar-refractivity contribution in [1.29, 1.82) is 0 Å². The van der Waals surface area contributed by atoms with Gasteiger partial charge in [-0.25, -0.2) is 0 Å². The molecule has 0 amide bonds. The first kappa shape index (κ1) is 10.9. The number of hydrogen-bond acceptors (Lipinski definition) is 0. The maximum absolute atomic E-state index is 3.84. The second kappa shape index (κ2) is 3.96. The molecule has 0 aliphatic carbocycles. The van der Waals surface area contributed by atoms with Crippen molar-refractivity contribution in [2.24, 2.45) is 0 Å². The van der Waals surface area contributed by atoms with Gasteiger partial charge in [0.15, 0.2) is 0 Å². The molecule has 2 heteroatoms. The molecular formula is C5H13LiP+. The van der Waals surface area contributed by atoms with E-state index in [2.05, 4.69) is 27.4 Å². The van der Waals surface area contributed by atoms with Crippen LogP contribution in [0.5, 0.6) is 0 Å². The molecule has 0 heterocycles. The third kappa shape index (κ3) is 11.0. The predicted molar refractivity (Wildman–Crippen MR) is 34.8 cm³/mol. The molecule has 0 aliphatic heterocycles. The number of hydrogen-bond donors (Lipinski definition) is 0. The standard InChI is InChI=1S/C5H13P.Li/c1-5(2,3)6-4;/h4,6H2,1-3H3;/q;+1. The summed E-state index contributed by atoms with van der Waals surface area (Å²) in [5.74, 6) is 0. The van der Waals surface area contributed by atoms with Crippen molar-refractivity contribution < 1.29 is 18.9 Å². The summed E-state index contributed by atoms with van der Waals surface area (Å²) in [4.78, 5) is 0. The fourth-order valence-corrected chi connectivity index (χ4v) is 0. The first-order valence-electron chi connectivity index (χ1n) is 2.20. The van der Waals surface area contributed by atoms with E-state index < -0.39 is 0 Å². The molecule has 1 atom stereocenters. The van der Waals surface area contributed by atoms with Crippen molar-refractivity contribution in [3.05, 3.63) is 6.66 Å². The Morgan fingerprint density at radius 2 is 1.43 bits per heavy atom. The van der Waals surface area contributed by atoms with Crippen LogP contribution in [-0.4, -0.2) is 5.16 Å². The molecule has 0 rings (SSSR count). The molecule has 7 heavy (non-hydrogen) atoms. The van der Waals surface area contributed by atoms with E-state index in [0.717, 1.165) is 0 Å². The van der Waals surface area contributed by atoms with Crippen molar-refractivity contribution in [3.8, 4) is 0 Å². The Balaban J connectivity index is 0. The van der Waals surface area contributed by atoms with Gasteiger partial charge >= 0.3 is 18.9 Å². The average molecular weight is 111 g/mol. The maximum Gasteiger partial charge on any atom is 1.00 e. The van der Waals surface area contributed by atoms with E-state index in [0.29, 0.717) is 13.7 Å². The first-order chi connectivity index (χ1) is 2.56. The van der Waals surface area contributed by atoms with E-state index in [-0.39, 0.29) is 18.9 Å². The van der Waals surface area contributed by atoms with Crippen molar-refractivity contribution >= 4 is 8.58 Å². The van der Waals surface area contributed by atoms with Crippen LogP contribution < -0.4 is 18.9 Å². The van der Waals surface area contributed by atoms with Gasteiger partial charge in [-0.3, -0.25) is 0 Å². The topological polar surface area (TPSA) is 0 Å². The van der Waals surface area contributed by atoms with Gasteiger partial charge in [0.25, 0.3) is 0 Å². The average Bonchev–Trinajstić information content (AvgIpc) is 1.35. The van der Waals surface area contributed by atoms with Crippen LogP contribution in [0.2, 0.25) is 0 Å². The molecule has 0 nitrogen and oxygen atoms in total. The minimum absolute atomic E-state index is 0. The molecule has 0 radical (unpaired) electrons. The number of rotatable bonds is 0. The minimum Gasteiger partial charge on any atom is -0.184 e. The van der Waals surface area contributed by atoms with Crippen molar-refractivity contribution in [2.75, 3.05) is 0 Å². The zero-order valence-electron chi connectivity index (χ0n) is 5.78. The molecule has 1 unspecified atom stereocenters. The summed E-state index contributed by atoms with van der Waals surface area (Å²) in [5, 5.41) is 0.514. The molecule has 0 spiro atoms. The fourth-order valence-electron chi connectivity index (χ4n) is 0. The molecule has 0 aromatic rings. The van der Waals surface area contributed by atoms with Gasteiger partial charge in [-0.1, -0.05) is 0 Å². The van der Waals surface area contributed by atoms with E-state index in [9.17, 15) is 0 Å². The molecule has 0 bridgehead atoms. The van der Waals surface area contributed by atoms with Crippen LogP contribution in [0.3, 0.4) is 0 Å². The van der Waals surface area contributed by atoms with Gasteiger partial charge in [0.1, 0.15) is 0 Å². The monoisotopic (exact) mass is 111 g/mol. The van der Waals surface area contributed by atoms with Gasteiger partial charge < -0.3 is 0 Å². The van der Waals surface area contributed by atoms with Gasteiger partial charge in [-0.05, 0) is 20.8 Å². The van der Waals surface area contributed by atoms with Crippen LogP contribution in [0.4, 0.5) is 0 Å². The predicted octanol–water partition coefficient (Wildman–Crippen LogP) is -1.01.